The molecule has 0 saturated carbocycles. The highest BCUT2D eigenvalue weighted by Crippen LogP contribution is 2.29. The highest BCUT2D eigenvalue weighted by atomic mass is 16.2. The van der Waals surface area contributed by atoms with Gasteiger partial charge in [-0.25, -0.2) is 9.97 Å². The van der Waals surface area contributed by atoms with Crippen molar-refractivity contribution in [2.75, 3.05) is 11.4 Å². The number of benzene rings is 2. The summed E-state index contributed by atoms with van der Waals surface area (Å²) in [6.45, 7) is 2.54. The van der Waals surface area contributed by atoms with E-state index < -0.39 is 0 Å². The van der Waals surface area contributed by atoms with E-state index in [0.717, 1.165) is 23.1 Å². The molecule has 0 N–H and O–H groups in total. The predicted octanol–water partition coefficient (Wildman–Crippen LogP) is 3.14. The SMILES string of the molecule is Cc1nc2ccccc2nc1C(=O)N1CCc2ccccc21. The van der Waals surface area contributed by atoms with Crippen molar-refractivity contribution in [2.45, 2.75) is 13.3 Å². The Balaban J connectivity index is 1.79. The zero-order chi connectivity index (χ0) is 15.1. The van der Waals surface area contributed by atoms with Crippen LogP contribution in [0.2, 0.25) is 0 Å². The zero-order valence-corrected chi connectivity index (χ0v) is 12.3. The van der Waals surface area contributed by atoms with Crippen LogP contribution in [-0.4, -0.2) is 22.4 Å². The molecule has 0 fully saturated rings. The summed E-state index contributed by atoms with van der Waals surface area (Å²) >= 11 is 0. The van der Waals surface area contributed by atoms with Crippen LogP contribution in [0.4, 0.5) is 5.69 Å². The molecule has 0 radical (unpaired) electrons. The summed E-state index contributed by atoms with van der Waals surface area (Å²) < 4.78 is 0. The number of carbonyl (C=O) groups is 1. The molecule has 0 unspecified atom stereocenters. The van der Waals surface area contributed by atoms with Crippen molar-refractivity contribution in [3.05, 3.63) is 65.5 Å². The maximum atomic E-state index is 12.9. The van der Waals surface area contributed by atoms with E-state index in [2.05, 4.69) is 16.0 Å². The number of para-hydroxylation sites is 3. The third-order valence-corrected chi connectivity index (χ3v) is 4.08. The average Bonchev–Trinajstić information content (AvgIpc) is 2.97. The van der Waals surface area contributed by atoms with Crippen molar-refractivity contribution in [3.8, 4) is 0 Å². The molecule has 1 aliphatic heterocycles. The van der Waals surface area contributed by atoms with Gasteiger partial charge in [0.25, 0.3) is 5.91 Å². The second-order valence-electron chi connectivity index (χ2n) is 5.48. The van der Waals surface area contributed by atoms with Gasteiger partial charge in [0.05, 0.1) is 16.7 Å². The molecule has 4 nitrogen and oxygen atoms in total. The minimum Gasteiger partial charge on any atom is -0.306 e. The Morgan fingerprint density at radius 2 is 1.68 bits per heavy atom. The molecule has 3 aromatic rings. The lowest BCUT2D eigenvalue weighted by molar-refractivity contribution is 0.0984. The molecular weight excluding hydrogens is 274 g/mol. The van der Waals surface area contributed by atoms with E-state index in [0.29, 0.717) is 17.9 Å². The van der Waals surface area contributed by atoms with Crippen LogP contribution in [-0.2, 0) is 6.42 Å². The lowest BCUT2D eigenvalue weighted by Crippen LogP contribution is -2.30. The Morgan fingerprint density at radius 1 is 1.00 bits per heavy atom. The number of rotatable bonds is 1. The fourth-order valence-electron chi connectivity index (χ4n) is 2.97. The minimum absolute atomic E-state index is 0.0688. The van der Waals surface area contributed by atoms with E-state index in [1.165, 1.54) is 5.56 Å². The first-order valence-electron chi connectivity index (χ1n) is 7.37. The lowest BCUT2D eigenvalue weighted by atomic mass is 10.2. The fourth-order valence-corrected chi connectivity index (χ4v) is 2.97. The molecule has 2 heterocycles. The monoisotopic (exact) mass is 289 g/mol. The number of hydrogen-bond donors (Lipinski definition) is 0. The molecule has 108 valence electrons. The molecule has 0 aliphatic carbocycles. The third-order valence-electron chi connectivity index (χ3n) is 4.08. The second kappa shape index (κ2) is 4.91. The molecule has 1 aliphatic rings. The van der Waals surface area contributed by atoms with Crippen molar-refractivity contribution in [2.24, 2.45) is 0 Å². The van der Waals surface area contributed by atoms with Crippen molar-refractivity contribution >= 4 is 22.6 Å². The van der Waals surface area contributed by atoms with Crippen LogP contribution in [0.25, 0.3) is 11.0 Å². The molecule has 22 heavy (non-hydrogen) atoms. The Bertz CT molecular complexity index is 888. The van der Waals surface area contributed by atoms with Gasteiger partial charge in [-0.1, -0.05) is 30.3 Å². The van der Waals surface area contributed by atoms with E-state index in [1.54, 1.807) is 4.90 Å². The average molecular weight is 289 g/mol. The largest absolute Gasteiger partial charge is 0.306 e. The van der Waals surface area contributed by atoms with Gasteiger partial charge in [0.1, 0.15) is 0 Å². The molecule has 1 amide bonds. The summed E-state index contributed by atoms with van der Waals surface area (Å²) in [5.41, 5.74) is 4.88. The smallest absolute Gasteiger partial charge is 0.278 e. The second-order valence-corrected chi connectivity index (χ2v) is 5.48. The molecule has 2 aromatic carbocycles. The highest BCUT2D eigenvalue weighted by molar-refractivity contribution is 6.07. The van der Waals surface area contributed by atoms with Gasteiger partial charge in [-0.05, 0) is 37.1 Å². The highest BCUT2D eigenvalue weighted by Gasteiger charge is 2.27. The van der Waals surface area contributed by atoms with Gasteiger partial charge in [-0.15, -0.1) is 0 Å². The minimum atomic E-state index is -0.0688. The van der Waals surface area contributed by atoms with Gasteiger partial charge in [0.2, 0.25) is 0 Å². The molecular formula is C18H15N3O. The molecule has 0 saturated heterocycles. The standard InChI is InChI=1S/C18H15N3O/c1-12-17(20-15-8-4-3-7-14(15)19-12)18(22)21-11-10-13-6-2-5-9-16(13)21/h2-9H,10-11H2,1H3. The Morgan fingerprint density at radius 3 is 2.50 bits per heavy atom. The van der Waals surface area contributed by atoms with Crippen LogP contribution in [0, 0.1) is 6.92 Å². The van der Waals surface area contributed by atoms with Gasteiger partial charge < -0.3 is 4.90 Å². The Kier molecular flexibility index (Phi) is 2.89. The van der Waals surface area contributed by atoms with Gasteiger partial charge in [0.15, 0.2) is 5.69 Å². The van der Waals surface area contributed by atoms with E-state index in [9.17, 15) is 4.79 Å². The first-order chi connectivity index (χ1) is 10.7. The Labute approximate surface area is 128 Å². The van der Waals surface area contributed by atoms with Crippen molar-refractivity contribution in [3.63, 3.8) is 0 Å². The number of fused-ring (bicyclic) bond motifs is 2. The lowest BCUT2D eigenvalue weighted by Gasteiger charge is -2.17. The van der Waals surface area contributed by atoms with Crippen molar-refractivity contribution in [1.82, 2.24) is 9.97 Å². The number of aryl methyl sites for hydroxylation is 1. The van der Waals surface area contributed by atoms with E-state index in [4.69, 9.17) is 0 Å². The number of carbonyl (C=O) groups excluding carboxylic acids is 1. The summed E-state index contributed by atoms with van der Waals surface area (Å²) in [5, 5.41) is 0. The van der Waals surface area contributed by atoms with Crippen LogP contribution in [0.1, 0.15) is 21.7 Å². The first-order valence-corrected chi connectivity index (χ1v) is 7.37. The molecule has 0 spiro atoms. The molecule has 4 rings (SSSR count). The first kappa shape index (κ1) is 13.0. The quantitative estimate of drug-likeness (QED) is 0.691. The normalized spacial score (nSPS) is 13.4. The summed E-state index contributed by atoms with van der Waals surface area (Å²) in [4.78, 5) is 23.8. The van der Waals surface area contributed by atoms with Crippen LogP contribution < -0.4 is 4.90 Å². The van der Waals surface area contributed by atoms with Crippen LogP contribution in [0.15, 0.2) is 48.5 Å². The molecule has 4 heteroatoms. The van der Waals surface area contributed by atoms with Crippen LogP contribution in [0.3, 0.4) is 0 Å². The van der Waals surface area contributed by atoms with E-state index in [-0.39, 0.29) is 5.91 Å². The summed E-state index contributed by atoms with van der Waals surface area (Å²) in [6, 6.07) is 15.7. The van der Waals surface area contributed by atoms with Crippen molar-refractivity contribution < 1.29 is 4.79 Å². The third kappa shape index (κ3) is 1.96. The fraction of sp³-hybridized carbons (Fsp3) is 0.167. The summed E-state index contributed by atoms with van der Waals surface area (Å²) in [7, 11) is 0. The van der Waals surface area contributed by atoms with E-state index in [1.807, 2.05) is 49.4 Å². The number of hydrogen-bond acceptors (Lipinski definition) is 3. The number of amides is 1. The van der Waals surface area contributed by atoms with Gasteiger partial charge >= 0.3 is 0 Å². The number of aromatic nitrogens is 2. The van der Waals surface area contributed by atoms with Crippen molar-refractivity contribution in [1.29, 1.82) is 0 Å². The predicted molar refractivity (Wildman–Crippen MR) is 86.1 cm³/mol. The zero-order valence-electron chi connectivity index (χ0n) is 12.3. The summed E-state index contributed by atoms with van der Waals surface area (Å²) in [5.74, 6) is -0.0688. The molecule has 1 aromatic heterocycles. The van der Waals surface area contributed by atoms with Gasteiger partial charge in [-0.2, -0.15) is 0 Å². The number of nitrogens with zero attached hydrogens (tertiary/aromatic N) is 3. The maximum Gasteiger partial charge on any atom is 0.278 e. The topological polar surface area (TPSA) is 46.1 Å². The van der Waals surface area contributed by atoms with Crippen LogP contribution in [0.5, 0.6) is 0 Å². The van der Waals surface area contributed by atoms with Gasteiger partial charge in [-0.3, -0.25) is 4.79 Å². The molecule has 0 atom stereocenters. The van der Waals surface area contributed by atoms with E-state index >= 15 is 0 Å². The maximum absolute atomic E-state index is 12.9. The number of anilines is 1. The van der Waals surface area contributed by atoms with Crippen LogP contribution >= 0.6 is 0 Å². The Hall–Kier alpha value is -2.75. The summed E-state index contributed by atoms with van der Waals surface area (Å²) in [6.07, 6.45) is 0.891. The van der Waals surface area contributed by atoms with Gasteiger partial charge in [0, 0.05) is 12.2 Å². The molecule has 0 bridgehead atoms.